The van der Waals surface area contributed by atoms with E-state index in [9.17, 15) is 8.42 Å². The summed E-state index contributed by atoms with van der Waals surface area (Å²) in [5.41, 5.74) is 0.832. The summed E-state index contributed by atoms with van der Waals surface area (Å²) >= 11 is 7.17. The molecule has 0 aromatic carbocycles. The Hall–Kier alpha value is -0.180. The summed E-state index contributed by atoms with van der Waals surface area (Å²) in [6.45, 7) is 7.02. The van der Waals surface area contributed by atoms with Crippen molar-refractivity contribution in [2.75, 3.05) is 39.3 Å². The summed E-state index contributed by atoms with van der Waals surface area (Å²) in [5.74, 6) is 0. The Balaban J connectivity index is 1.72. The van der Waals surface area contributed by atoms with E-state index in [4.69, 9.17) is 11.6 Å². The Bertz CT molecular complexity index is 591. The first-order valence-electron chi connectivity index (χ1n) is 7.19. The molecule has 0 bridgehead atoms. The fourth-order valence-electron chi connectivity index (χ4n) is 2.96. The van der Waals surface area contributed by atoms with Gasteiger partial charge in [-0.05, 0) is 25.0 Å². The van der Waals surface area contributed by atoms with Crippen LogP contribution in [-0.4, -0.2) is 62.9 Å². The standard InChI is InChI=1S/C13H20ClN3O2S2/c1-10-8-12(20-13(10)14)21(18,19)17-5-2-11(9-17)16-6-3-15-4-7-16/h8,11,15H,2-7,9H2,1H3. The SMILES string of the molecule is Cc1cc(S(=O)(=O)N2CCC(N3CCNCC3)C2)sc1Cl. The minimum Gasteiger partial charge on any atom is -0.314 e. The van der Waals surface area contributed by atoms with Crippen LogP contribution in [0.15, 0.2) is 10.3 Å². The van der Waals surface area contributed by atoms with Gasteiger partial charge in [-0.3, -0.25) is 4.90 Å². The van der Waals surface area contributed by atoms with Gasteiger partial charge < -0.3 is 5.32 Å². The van der Waals surface area contributed by atoms with Crippen molar-refractivity contribution >= 4 is 33.0 Å². The van der Waals surface area contributed by atoms with E-state index in [1.165, 1.54) is 0 Å². The highest BCUT2D eigenvalue weighted by molar-refractivity contribution is 7.91. The van der Waals surface area contributed by atoms with E-state index in [1.54, 1.807) is 10.4 Å². The molecule has 1 unspecified atom stereocenters. The maximum Gasteiger partial charge on any atom is 0.252 e. The van der Waals surface area contributed by atoms with E-state index in [0.29, 0.717) is 27.7 Å². The summed E-state index contributed by atoms with van der Waals surface area (Å²) in [6, 6.07) is 2.03. The molecule has 8 heteroatoms. The largest absolute Gasteiger partial charge is 0.314 e. The molecule has 0 saturated carbocycles. The molecule has 1 N–H and O–H groups in total. The van der Waals surface area contributed by atoms with Crippen LogP contribution >= 0.6 is 22.9 Å². The molecule has 21 heavy (non-hydrogen) atoms. The molecule has 1 atom stereocenters. The van der Waals surface area contributed by atoms with E-state index in [0.717, 1.165) is 49.5 Å². The van der Waals surface area contributed by atoms with Crippen LogP contribution in [0.25, 0.3) is 0 Å². The second-order valence-electron chi connectivity index (χ2n) is 5.61. The zero-order valence-corrected chi connectivity index (χ0v) is 14.4. The highest BCUT2D eigenvalue weighted by Gasteiger charge is 2.36. The Morgan fingerprint density at radius 1 is 1.33 bits per heavy atom. The molecule has 0 radical (unpaired) electrons. The Kier molecular flexibility index (Phi) is 4.59. The van der Waals surface area contributed by atoms with Crippen molar-refractivity contribution in [1.82, 2.24) is 14.5 Å². The third-order valence-electron chi connectivity index (χ3n) is 4.22. The normalized spacial score (nSPS) is 25.5. The summed E-state index contributed by atoms with van der Waals surface area (Å²) in [5, 5.41) is 3.33. The smallest absolute Gasteiger partial charge is 0.252 e. The number of hydrogen-bond donors (Lipinski definition) is 1. The number of nitrogens with zero attached hydrogens (tertiary/aromatic N) is 2. The van der Waals surface area contributed by atoms with Crippen molar-refractivity contribution in [3.05, 3.63) is 16.0 Å². The van der Waals surface area contributed by atoms with Crippen molar-refractivity contribution in [1.29, 1.82) is 0 Å². The number of hydrogen-bond acceptors (Lipinski definition) is 5. The van der Waals surface area contributed by atoms with E-state index in [-0.39, 0.29) is 0 Å². The van der Waals surface area contributed by atoms with Gasteiger partial charge in [0.15, 0.2) is 0 Å². The lowest BCUT2D eigenvalue weighted by Crippen LogP contribution is -2.49. The molecule has 3 heterocycles. The van der Waals surface area contributed by atoms with Gasteiger partial charge in [0.2, 0.25) is 0 Å². The van der Waals surface area contributed by atoms with E-state index in [1.807, 2.05) is 6.92 Å². The molecule has 5 nitrogen and oxygen atoms in total. The maximum atomic E-state index is 12.7. The molecule has 0 aliphatic carbocycles. The van der Waals surface area contributed by atoms with E-state index in [2.05, 4.69) is 10.2 Å². The third-order valence-corrected chi connectivity index (χ3v) is 8.09. The van der Waals surface area contributed by atoms with Crippen LogP contribution in [0.3, 0.4) is 0 Å². The molecule has 118 valence electrons. The van der Waals surface area contributed by atoms with Crippen molar-refractivity contribution in [2.45, 2.75) is 23.6 Å². The van der Waals surface area contributed by atoms with Gasteiger partial charge in [0.05, 0.1) is 4.34 Å². The van der Waals surface area contributed by atoms with Crippen molar-refractivity contribution in [3.63, 3.8) is 0 Å². The second kappa shape index (κ2) is 6.14. The van der Waals surface area contributed by atoms with Gasteiger partial charge in [-0.15, -0.1) is 11.3 Å². The number of rotatable bonds is 3. The lowest BCUT2D eigenvalue weighted by Gasteiger charge is -2.32. The van der Waals surface area contributed by atoms with Gasteiger partial charge in [0.1, 0.15) is 4.21 Å². The molecule has 2 fully saturated rings. The lowest BCUT2D eigenvalue weighted by molar-refractivity contribution is 0.179. The van der Waals surface area contributed by atoms with Gasteiger partial charge in [0, 0.05) is 45.3 Å². The van der Waals surface area contributed by atoms with Crippen LogP contribution in [0.5, 0.6) is 0 Å². The molecule has 2 aliphatic rings. The minimum atomic E-state index is -3.39. The van der Waals surface area contributed by atoms with Crippen LogP contribution in [0, 0.1) is 6.92 Å². The van der Waals surface area contributed by atoms with E-state index < -0.39 is 10.0 Å². The van der Waals surface area contributed by atoms with Crippen molar-refractivity contribution < 1.29 is 8.42 Å². The van der Waals surface area contributed by atoms with Crippen molar-refractivity contribution in [3.8, 4) is 0 Å². The van der Waals surface area contributed by atoms with Gasteiger partial charge in [0.25, 0.3) is 10.0 Å². The monoisotopic (exact) mass is 349 g/mol. The van der Waals surface area contributed by atoms with Crippen LogP contribution in [-0.2, 0) is 10.0 Å². The van der Waals surface area contributed by atoms with Crippen LogP contribution in [0.4, 0.5) is 0 Å². The molecule has 1 aromatic rings. The Morgan fingerprint density at radius 3 is 2.67 bits per heavy atom. The first-order chi connectivity index (χ1) is 9.98. The van der Waals surface area contributed by atoms with Gasteiger partial charge in [-0.2, -0.15) is 4.31 Å². The molecule has 2 saturated heterocycles. The highest BCUT2D eigenvalue weighted by atomic mass is 35.5. The molecular weight excluding hydrogens is 330 g/mol. The molecule has 2 aliphatic heterocycles. The minimum absolute atomic E-state index is 0.346. The average Bonchev–Trinajstić information content (AvgIpc) is 3.09. The quantitative estimate of drug-likeness (QED) is 0.895. The number of nitrogens with one attached hydrogen (secondary N) is 1. The number of piperazine rings is 1. The van der Waals surface area contributed by atoms with E-state index >= 15 is 0 Å². The number of aryl methyl sites for hydroxylation is 1. The molecule has 0 amide bonds. The van der Waals surface area contributed by atoms with Gasteiger partial charge in [-0.25, -0.2) is 8.42 Å². The first kappa shape index (κ1) is 15.7. The number of thiophene rings is 1. The fourth-order valence-corrected chi connectivity index (χ4v) is 6.32. The van der Waals surface area contributed by atoms with Crippen LogP contribution < -0.4 is 5.32 Å². The number of sulfonamides is 1. The molecular formula is C13H20ClN3O2S2. The predicted molar refractivity (Wildman–Crippen MR) is 85.7 cm³/mol. The third kappa shape index (κ3) is 3.13. The molecule has 3 rings (SSSR count). The van der Waals surface area contributed by atoms with Crippen molar-refractivity contribution in [2.24, 2.45) is 0 Å². The van der Waals surface area contributed by atoms with Gasteiger partial charge in [-0.1, -0.05) is 11.6 Å². The summed E-state index contributed by atoms with van der Waals surface area (Å²) < 4.78 is 27.9. The number of halogens is 1. The maximum absolute atomic E-state index is 12.7. The van der Waals surface area contributed by atoms with Crippen LogP contribution in [0.2, 0.25) is 4.34 Å². The Morgan fingerprint density at radius 2 is 2.05 bits per heavy atom. The van der Waals surface area contributed by atoms with Crippen LogP contribution in [0.1, 0.15) is 12.0 Å². The predicted octanol–water partition coefficient (Wildman–Crippen LogP) is 1.38. The zero-order valence-electron chi connectivity index (χ0n) is 12.0. The lowest BCUT2D eigenvalue weighted by atomic mass is 10.2. The molecule has 1 aromatic heterocycles. The summed E-state index contributed by atoms with van der Waals surface area (Å²) in [7, 11) is -3.39. The first-order valence-corrected chi connectivity index (χ1v) is 9.83. The highest BCUT2D eigenvalue weighted by Crippen LogP contribution is 2.33. The summed E-state index contributed by atoms with van der Waals surface area (Å²) in [4.78, 5) is 2.40. The van der Waals surface area contributed by atoms with Gasteiger partial charge >= 0.3 is 0 Å². The summed E-state index contributed by atoms with van der Waals surface area (Å²) in [6.07, 6.45) is 0.914. The fraction of sp³-hybridized carbons (Fsp3) is 0.692. The zero-order chi connectivity index (χ0) is 15.0. The average molecular weight is 350 g/mol. The topological polar surface area (TPSA) is 52.7 Å². The Labute approximate surface area is 134 Å². The molecule has 0 spiro atoms. The second-order valence-corrected chi connectivity index (χ2v) is 9.43.